The number of fused-ring (bicyclic) bond motifs is 3. The van der Waals surface area contributed by atoms with Gasteiger partial charge in [-0.25, -0.2) is 0 Å². The molecule has 0 bridgehead atoms. The lowest BCUT2D eigenvalue weighted by atomic mass is 9.90. The molecule has 1 unspecified atom stereocenters. The summed E-state index contributed by atoms with van der Waals surface area (Å²) in [6.07, 6.45) is 3.34. The van der Waals surface area contributed by atoms with Crippen LogP contribution in [0.25, 0.3) is 10.9 Å². The molecule has 4 nitrogen and oxygen atoms in total. The van der Waals surface area contributed by atoms with Crippen molar-refractivity contribution in [1.29, 1.82) is 0 Å². The standard InChI is InChI=1S/C18H24N2O2/c1-11-8-12(2)18-15(9-11)14-10-13(4-5-16(14)20-18)19-17(21)6-7-22-3/h8-9,13,20H,4-7,10H2,1-3H3,(H,19,21). The summed E-state index contributed by atoms with van der Waals surface area (Å²) in [6.45, 7) is 4.77. The van der Waals surface area contributed by atoms with Crippen LogP contribution in [-0.4, -0.2) is 30.6 Å². The first-order valence-corrected chi connectivity index (χ1v) is 7.97. The maximum Gasteiger partial charge on any atom is 0.222 e. The van der Waals surface area contributed by atoms with Crippen molar-refractivity contribution in [3.63, 3.8) is 0 Å². The predicted molar refractivity (Wildman–Crippen MR) is 88.2 cm³/mol. The summed E-state index contributed by atoms with van der Waals surface area (Å²) in [6, 6.07) is 4.71. The molecule has 0 fully saturated rings. The molecule has 1 amide bonds. The van der Waals surface area contributed by atoms with Crippen LogP contribution in [0.5, 0.6) is 0 Å². The molecule has 1 aromatic carbocycles. The van der Waals surface area contributed by atoms with Crippen LogP contribution in [0.3, 0.4) is 0 Å². The van der Waals surface area contributed by atoms with E-state index in [0.29, 0.717) is 13.0 Å². The zero-order chi connectivity index (χ0) is 15.7. The van der Waals surface area contributed by atoms with E-state index in [4.69, 9.17) is 4.74 Å². The molecule has 2 N–H and O–H groups in total. The number of hydrogen-bond acceptors (Lipinski definition) is 2. The second-order valence-corrected chi connectivity index (χ2v) is 6.34. The number of H-pyrrole nitrogens is 1. The molecule has 1 heterocycles. The van der Waals surface area contributed by atoms with E-state index in [1.165, 1.54) is 33.3 Å². The third-order valence-corrected chi connectivity index (χ3v) is 4.54. The highest BCUT2D eigenvalue weighted by Gasteiger charge is 2.24. The Morgan fingerprint density at radius 1 is 1.41 bits per heavy atom. The average Bonchev–Trinajstić information content (AvgIpc) is 2.84. The Balaban J connectivity index is 1.81. The van der Waals surface area contributed by atoms with Gasteiger partial charge in [0.1, 0.15) is 0 Å². The molecule has 0 aliphatic heterocycles. The highest BCUT2D eigenvalue weighted by Crippen LogP contribution is 2.31. The van der Waals surface area contributed by atoms with Crippen LogP contribution < -0.4 is 5.32 Å². The molecule has 22 heavy (non-hydrogen) atoms. The molecule has 2 aromatic rings. The van der Waals surface area contributed by atoms with Gasteiger partial charge in [-0.15, -0.1) is 0 Å². The third-order valence-electron chi connectivity index (χ3n) is 4.54. The maximum absolute atomic E-state index is 11.9. The van der Waals surface area contributed by atoms with Crippen LogP contribution in [0.4, 0.5) is 0 Å². The summed E-state index contributed by atoms with van der Waals surface area (Å²) in [5.41, 5.74) is 6.56. The van der Waals surface area contributed by atoms with Crippen molar-refractivity contribution < 1.29 is 9.53 Å². The van der Waals surface area contributed by atoms with Gasteiger partial charge in [-0.3, -0.25) is 4.79 Å². The van der Waals surface area contributed by atoms with Crippen molar-refractivity contribution in [2.45, 2.75) is 45.6 Å². The Kier molecular flexibility index (Phi) is 4.21. The summed E-state index contributed by atoms with van der Waals surface area (Å²) >= 11 is 0. The lowest BCUT2D eigenvalue weighted by Crippen LogP contribution is -2.39. The number of rotatable bonds is 4. The first-order valence-electron chi connectivity index (χ1n) is 7.97. The van der Waals surface area contributed by atoms with Crippen molar-refractivity contribution >= 4 is 16.8 Å². The van der Waals surface area contributed by atoms with Crippen molar-refractivity contribution in [2.75, 3.05) is 13.7 Å². The first kappa shape index (κ1) is 15.1. The molecular formula is C18H24N2O2. The van der Waals surface area contributed by atoms with E-state index >= 15 is 0 Å². The molecule has 1 atom stereocenters. The lowest BCUT2D eigenvalue weighted by Gasteiger charge is -2.23. The van der Waals surface area contributed by atoms with Crippen molar-refractivity contribution in [3.05, 3.63) is 34.5 Å². The van der Waals surface area contributed by atoms with E-state index in [-0.39, 0.29) is 11.9 Å². The summed E-state index contributed by atoms with van der Waals surface area (Å²) < 4.78 is 4.96. The number of benzene rings is 1. The molecular weight excluding hydrogens is 276 g/mol. The van der Waals surface area contributed by atoms with Crippen LogP contribution in [-0.2, 0) is 22.4 Å². The minimum atomic E-state index is 0.0857. The number of aryl methyl sites for hydroxylation is 3. The average molecular weight is 300 g/mol. The molecule has 0 saturated carbocycles. The van der Waals surface area contributed by atoms with Crippen LogP contribution >= 0.6 is 0 Å². The molecule has 0 spiro atoms. The summed E-state index contributed by atoms with van der Waals surface area (Å²) in [4.78, 5) is 15.5. The van der Waals surface area contributed by atoms with Gasteiger partial charge in [0.2, 0.25) is 5.91 Å². The largest absolute Gasteiger partial charge is 0.384 e. The highest BCUT2D eigenvalue weighted by atomic mass is 16.5. The quantitative estimate of drug-likeness (QED) is 0.912. The molecule has 4 heteroatoms. The Bertz CT molecular complexity index is 703. The number of carbonyl (C=O) groups excluding carboxylic acids is 1. The molecule has 1 aromatic heterocycles. The fourth-order valence-electron chi connectivity index (χ4n) is 3.49. The van der Waals surface area contributed by atoms with Crippen molar-refractivity contribution in [1.82, 2.24) is 10.3 Å². The van der Waals surface area contributed by atoms with E-state index in [2.05, 4.69) is 36.3 Å². The van der Waals surface area contributed by atoms with Gasteiger partial charge in [-0.1, -0.05) is 11.6 Å². The predicted octanol–water partition coefficient (Wildman–Crippen LogP) is 2.79. The summed E-state index contributed by atoms with van der Waals surface area (Å²) in [7, 11) is 1.62. The van der Waals surface area contributed by atoms with Crippen LogP contribution in [0, 0.1) is 13.8 Å². The summed E-state index contributed by atoms with van der Waals surface area (Å²) in [5, 5.41) is 4.47. The van der Waals surface area contributed by atoms with E-state index in [1.807, 2.05) is 0 Å². The Morgan fingerprint density at radius 2 is 2.23 bits per heavy atom. The highest BCUT2D eigenvalue weighted by molar-refractivity contribution is 5.88. The number of carbonyl (C=O) groups is 1. The van der Waals surface area contributed by atoms with Gasteiger partial charge in [-0.2, -0.15) is 0 Å². The van der Waals surface area contributed by atoms with E-state index in [9.17, 15) is 4.79 Å². The number of amides is 1. The number of aromatic amines is 1. The number of nitrogens with one attached hydrogen (secondary N) is 2. The maximum atomic E-state index is 11.9. The second-order valence-electron chi connectivity index (χ2n) is 6.34. The molecule has 1 aliphatic rings. The van der Waals surface area contributed by atoms with Crippen LogP contribution in [0.15, 0.2) is 12.1 Å². The molecule has 3 rings (SSSR count). The van der Waals surface area contributed by atoms with E-state index in [1.54, 1.807) is 7.11 Å². The Labute approximate surface area is 131 Å². The number of ether oxygens (including phenoxy) is 1. The molecule has 0 radical (unpaired) electrons. The number of hydrogen-bond donors (Lipinski definition) is 2. The number of methoxy groups -OCH3 is 1. The van der Waals surface area contributed by atoms with Gasteiger partial charge >= 0.3 is 0 Å². The fourth-order valence-corrected chi connectivity index (χ4v) is 3.49. The second kappa shape index (κ2) is 6.13. The van der Waals surface area contributed by atoms with Gasteiger partial charge in [0, 0.05) is 36.2 Å². The smallest absolute Gasteiger partial charge is 0.222 e. The Morgan fingerprint density at radius 3 is 3.00 bits per heavy atom. The fraction of sp³-hybridized carbons (Fsp3) is 0.500. The monoisotopic (exact) mass is 300 g/mol. The zero-order valence-corrected chi connectivity index (χ0v) is 13.6. The molecule has 0 saturated heterocycles. The molecule has 118 valence electrons. The van der Waals surface area contributed by atoms with Crippen LogP contribution in [0.2, 0.25) is 0 Å². The van der Waals surface area contributed by atoms with Gasteiger partial charge in [0.15, 0.2) is 0 Å². The normalized spacial score (nSPS) is 17.5. The zero-order valence-electron chi connectivity index (χ0n) is 13.6. The minimum Gasteiger partial charge on any atom is -0.384 e. The van der Waals surface area contributed by atoms with Crippen molar-refractivity contribution in [2.24, 2.45) is 0 Å². The number of aromatic nitrogens is 1. The first-order chi connectivity index (χ1) is 10.6. The minimum absolute atomic E-state index is 0.0857. The SMILES string of the molecule is COCCC(=O)NC1CCc2[nH]c3c(C)cc(C)cc3c2C1. The van der Waals surface area contributed by atoms with Gasteiger partial charge in [0.25, 0.3) is 0 Å². The van der Waals surface area contributed by atoms with Crippen molar-refractivity contribution in [3.8, 4) is 0 Å². The van der Waals surface area contributed by atoms with Gasteiger partial charge in [0.05, 0.1) is 6.61 Å². The van der Waals surface area contributed by atoms with E-state index in [0.717, 1.165) is 19.3 Å². The molecule has 1 aliphatic carbocycles. The lowest BCUT2D eigenvalue weighted by molar-refractivity contribution is -0.122. The van der Waals surface area contributed by atoms with E-state index < -0.39 is 0 Å². The summed E-state index contributed by atoms with van der Waals surface area (Å²) in [5.74, 6) is 0.0857. The third kappa shape index (κ3) is 2.88. The van der Waals surface area contributed by atoms with Crippen LogP contribution in [0.1, 0.15) is 35.2 Å². The Hall–Kier alpha value is -1.81. The van der Waals surface area contributed by atoms with Gasteiger partial charge < -0.3 is 15.0 Å². The topological polar surface area (TPSA) is 54.1 Å². The van der Waals surface area contributed by atoms with Gasteiger partial charge in [-0.05, 0) is 50.3 Å².